The fourth-order valence-corrected chi connectivity index (χ4v) is 1.53. The van der Waals surface area contributed by atoms with Gasteiger partial charge in [-0.2, -0.15) is 0 Å². The number of carbonyl (C=O) groups is 2. The highest BCUT2D eigenvalue weighted by Gasteiger charge is 2.13. The van der Waals surface area contributed by atoms with E-state index in [9.17, 15) is 9.59 Å². The normalized spacial score (nSPS) is 10.4. The Hall–Kier alpha value is -1.82. The van der Waals surface area contributed by atoms with E-state index in [1.54, 1.807) is 6.92 Å². The van der Waals surface area contributed by atoms with Crippen LogP contribution in [-0.2, 0) is 16.1 Å². The zero-order valence-corrected chi connectivity index (χ0v) is 11.2. The molecule has 1 amide bonds. The van der Waals surface area contributed by atoms with Crippen LogP contribution in [0.3, 0.4) is 0 Å². The summed E-state index contributed by atoms with van der Waals surface area (Å²) in [7, 11) is 0. The molecule has 0 saturated heterocycles. The van der Waals surface area contributed by atoms with E-state index in [-0.39, 0.29) is 24.4 Å². The molecule has 1 rings (SSSR count). The molecule has 0 atom stereocenters. The van der Waals surface area contributed by atoms with E-state index < -0.39 is 5.97 Å². The number of carboxylic acid groups (broad SMARTS) is 1. The Morgan fingerprint density at radius 1 is 1.42 bits per heavy atom. The van der Waals surface area contributed by atoms with Gasteiger partial charge in [-0.05, 0) is 19.4 Å². The van der Waals surface area contributed by atoms with Crippen LogP contribution in [0.2, 0.25) is 0 Å². The number of nitrogens with one attached hydrogen (secondary N) is 1. The molecule has 0 aliphatic carbocycles. The predicted molar refractivity (Wildman–Crippen MR) is 68.0 cm³/mol. The first kappa shape index (κ1) is 15.2. The Morgan fingerprint density at radius 3 is 2.74 bits per heavy atom. The van der Waals surface area contributed by atoms with Gasteiger partial charge in [0.25, 0.3) is 0 Å². The number of carbonyl (C=O) groups excluding carboxylic acids is 1. The SMILES string of the molecule is CCCOCCC(=O)NCc1cc(C(=O)O)c(C)o1. The molecule has 19 heavy (non-hydrogen) atoms. The molecule has 2 N–H and O–H groups in total. The lowest BCUT2D eigenvalue weighted by Crippen LogP contribution is -2.23. The molecule has 106 valence electrons. The van der Waals surface area contributed by atoms with E-state index in [1.807, 2.05) is 6.92 Å². The smallest absolute Gasteiger partial charge is 0.339 e. The van der Waals surface area contributed by atoms with Gasteiger partial charge in [-0.3, -0.25) is 4.79 Å². The summed E-state index contributed by atoms with van der Waals surface area (Å²) in [5.41, 5.74) is 0.121. The number of hydrogen-bond donors (Lipinski definition) is 2. The van der Waals surface area contributed by atoms with Crippen molar-refractivity contribution in [2.45, 2.75) is 33.2 Å². The van der Waals surface area contributed by atoms with E-state index in [4.69, 9.17) is 14.3 Å². The van der Waals surface area contributed by atoms with Gasteiger partial charge in [-0.1, -0.05) is 6.92 Å². The molecular weight excluding hydrogens is 250 g/mol. The maximum absolute atomic E-state index is 11.5. The van der Waals surface area contributed by atoms with E-state index >= 15 is 0 Å². The molecule has 0 bridgehead atoms. The van der Waals surface area contributed by atoms with Crippen molar-refractivity contribution in [1.82, 2.24) is 5.32 Å². The molecule has 6 nitrogen and oxygen atoms in total. The Kier molecular flexibility index (Phi) is 6.08. The van der Waals surface area contributed by atoms with Gasteiger partial charge < -0.3 is 19.6 Å². The Bertz CT molecular complexity index is 438. The van der Waals surface area contributed by atoms with Crippen molar-refractivity contribution < 1.29 is 23.8 Å². The standard InChI is InChI=1S/C13H19NO5/c1-3-5-18-6-4-12(15)14-8-10-7-11(13(16)17)9(2)19-10/h7H,3-6,8H2,1-2H3,(H,14,15)(H,16,17). The maximum Gasteiger partial charge on any atom is 0.339 e. The molecule has 0 radical (unpaired) electrons. The van der Waals surface area contributed by atoms with Crippen LogP contribution >= 0.6 is 0 Å². The predicted octanol–water partition coefficient (Wildman–Crippen LogP) is 1.72. The molecule has 0 fully saturated rings. The number of hydrogen-bond acceptors (Lipinski definition) is 4. The number of amides is 1. The monoisotopic (exact) mass is 269 g/mol. The van der Waals surface area contributed by atoms with Gasteiger partial charge in [0.15, 0.2) is 0 Å². The largest absolute Gasteiger partial charge is 0.478 e. The number of ether oxygens (including phenoxy) is 1. The van der Waals surface area contributed by atoms with Crippen molar-refractivity contribution in [2.24, 2.45) is 0 Å². The van der Waals surface area contributed by atoms with Crippen molar-refractivity contribution >= 4 is 11.9 Å². The molecule has 6 heteroatoms. The van der Waals surface area contributed by atoms with Crippen molar-refractivity contribution in [2.75, 3.05) is 13.2 Å². The van der Waals surface area contributed by atoms with Gasteiger partial charge in [0.2, 0.25) is 5.91 Å². The molecule has 1 heterocycles. The van der Waals surface area contributed by atoms with Crippen LogP contribution in [0.1, 0.15) is 41.6 Å². The van der Waals surface area contributed by atoms with Gasteiger partial charge in [-0.25, -0.2) is 4.79 Å². The zero-order valence-electron chi connectivity index (χ0n) is 11.2. The second kappa shape index (κ2) is 7.58. The number of aromatic carboxylic acids is 1. The van der Waals surface area contributed by atoms with Crippen molar-refractivity contribution in [1.29, 1.82) is 0 Å². The van der Waals surface area contributed by atoms with Crippen molar-refractivity contribution in [3.05, 3.63) is 23.2 Å². The number of aryl methyl sites for hydroxylation is 1. The van der Waals surface area contributed by atoms with Crippen LogP contribution in [0.5, 0.6) is 0 Å². The molecule has 0 aliphatic rings. The number of furan rings is 1. The van der Waals surface area contributed by atoms with E-state index in [1.165, 1.54) is 6.07 Å². The molecule has 0 unspecified atom stereocenters. The molecule has 0 spiro atoms. The van der Waals surface area contributed by atoms with Crippen LogP contribution in [-0.4, -0.2) is 30.2 Å². The summed E-state index contributed by atoms with van der Waals surface area (Å²) in [5, 5.41) is 11.5. The molecule has 0 aliphatic heterocycles. The summed E-state index contributed by atoms with van der Waals surface area (Å²) < 4.78 is 10.4. The van der Waals surface area contributed by atoms with Crippen LogP contribution < -0.4 is 5.32 Å². The van der Waals surface area contributed by atoms with Gasteiger partial charge in [-0.15, -0.1) is 0 Å². The summed E-state index contributed by atoms with van der Waals surface area (Å²) in [6, 6.07) is 1.42. The minimum absolute atomic E-state index is 0.121. The molecule has 1 aromatic heterocycles. The minimum atomic E-state index is -1.04. The highest BCUT2D eigenvalue weighted by molar-refractivity contribution is 5.88. The average Bonchev–Trinajstić information content (AvgIpc) is 2.74. The highest BCUT2D eigenvalue weighted by atomic mass is 16.5. The van der Waals surface area contributed by atoms with Crippen LogP contribution in [0.15, 0.2) is 10.5 Å². The molecule has 1 aromatic rings. The van der Waals surface area contributed by atoms with E-state index in [0.717, 1.165) is 6.42 Å². The summed E-state index contributed by atoms with van der Waals surface area (Å²) >= 11 is 0. The summed E-state index contributed by atoms with van der Waals surface area (Å²) in [5.74, 6) is -0.422. The maximum atomic E-state index is 11.5. The first-order valence-electron chi connectivity index (χ1n) is 6.21. The second-order valence-electron chi connectivity index (χ2n) is 4.13. The Balaban J connectivity index is 2.34. The van der Waals surface area contributed by atoms with Gasteiger partial charge in [0.05, 0.1) is 13.2 Å². The van der Waals surface area contributed by atoms with Crippen molar-refractivity contribution in [3.63, 3.8) is 0 Å². The lowest BCUT2D eigenvalue weighted by atomic mass is 10.2. The van der Waals surface area contributed by atoms with Crippen LogP contribution in [0, 0.1) is 6.92 Å². The first-order valence-corrected chi connectivity index (χ1v) is 6.21. The Labute approximate surface area is 111 Å². The minimum Gasteiger partial charge on any atom is -0.478 e. The van der Waals surface area contributed by atoms with Crippen LogP contribution in [0.4, 0.5) is 0 Å². The van der Waals surface area contributed by atoms with Gasteiger partial charge in [0, 0.05) is 13.0 Å². The van der Waals surface area contributed by atoms with Crippen LogP contribution in [0.25, 0.3) is 0 Å². The lowest BCUT2D eigenvalue weighted by molar-refractivity contribution is -0.122. The molecular formula is C13H19NO5. The quantitative estimate of drug-likeness (QED) is 0.701. The highest BCUT2D eigenvalue weighted by Crippen LogP contribution is 2.14. The number of rotatable bonds is 8. The molecule has 0 aromatic carbocycles. The summed E-state index contributed by atoms with van der Waals surface area (Å²) in [6.45, 7) is 4.79. The first-order chi connectivity index (χ1) is 9.04. The Morgan fingerprint density at radius 2 is 2.16 bits per heavy atom. The number of carboxylic acids is 1. The molecule has 0 saturated carbocycles. The van der Waals surface area contributed by atoms with Crippen molar-refractivity contribution in [3.8, 4) is 0 Å². The second-order valence-corrected chi connectivity index (χ2v) is 4.13. The average molecular weight is 269 g/mol. The third kappa shape index (κ3) is 5.13. The zero-order chi connectivity index (χ0) is 14.3. The lowest BCUT2D eigenvalue weighted by Gasteiger charge is -2.03. The fourth-order valence-electron chi connectivity index (χ4n) is 1.53. The third-order valence-electron chi connectivity index (χ3n) is 2.48. The van der Waals surface area contributed by atoms with E-state index in [0.29, 0.717) is 24.7 Å². The topological polar surface area (TPSA) is 88.8 Å². The van der Waals surface area contributed by atoms with Gasteiger partial charge in [0.1, 0.15) is 17.1 Å². The third-order valence-corrected chi connectivity index (χ3v) is 2.48. The summed E-state index contributed by atoms with van der Waals surface area (Å²) in [6.07, 6.45) is 1.21. The van der Waals surface area contributed by atoms with Gasteiger partial charge >= 0.3 is 5.97 Å². The fraction of sp³-hybridized carbons (Fsp3) is 0.538. The summed E-state index contributed by atoms with van der Waals surface area (Å²) in [4.78, 5) is 22.3. The van der Waals surface area contributed by atoms with E-state index in [2.05, 4.69) is 5.32 Å².